The molecule has 1 heterocycles. The van der Waals surface area contributed by atoms with Gasteiger partial charge < -0.3 is 15.7 Å². The summed E-state index contributed by atoms with van der Waals surface area (Å²) in [4.78, 5) is 0. The van der Waals surface area contributed by atoms with E-state index in [-0.39, 0.29) is 11.9 Å². The van der Waals surface area contributed by atoms with Crippen LogP contribution in [0.25, 0.3) is 0 Å². The van der Waals surface area contributed by atoms with E-state index >= 15 is 0 Å². The average Bonchev–Trinajstić information content (AvgIpc) is 2.87. The van der Waals surface area contributed by atoms with Crippen molar-refractivity contribution in [1.82, 2.24) is 9.78 Å². The molecule has 0 aliphatic heterocycles. The molecule has 0 fully saturated rings. The molecule has 0 unspecified atom stereocenters. The van der Waals surface area contributed by atoms with Gasteiger partial charge in [0.1, 0.15) is 5.75 Å². The second-order valence-electron chi connectivity index (χ2n) is 4.45. The van der Waals surface area contributed by atoms with E-state index in [1.165, 1.54) is 0 Å². The van der Waals surface area contributed by atoms with Crippen LogP contribution in [0, 0.1) is 0 Å². The molecule has 0 saturated heterocycles. The Labute approximate surface area is 121 Å². The minimum Gasteiger partial charge on any atom is -0.453 e. The van der Waals surface area contributed by atoms with Gasteiger partial charge in [0.2, 0.25) is 0 Å². The molecule has 0 aliphatic rings. The zero-order valence-corrected chi connectivity index (χ0v) is 11.9. The van der Waals surface area contributed by atoms with Gasteiger partial charge in [0, 0.05) is 6.04 Å². The summed E-state index contributed by atoms with van der Waals surface area (Å²) in [6.07, 6.45) is 3.36. The van der Waals surface area contributed by atoms with E-state index in [4.69, 9.17) is 27.3 Å². The van der Waals surface area contributed by atoms with E-state index in [0.29, 0.717) is 22.1 Å². The van der Waals surface area contributed by atoms with Gasteiger partial charge in [-0.05, 0) is 26.0 Å². The first-order chi connectivity index (χ1) is 9.52. The van der Waals surface area contributed by atoms with E-state index in [0.717, 1.165) is 0 Å². The molecule has 0 amide bonds. The van der Waals surface area contributed by atoms with Crippen LogP contribution in [0.4, 0.5) is 0 Å². The summed E-state index contributed by atoms with van der Waals surface area (Å²) in [6.45, 7) is 4.02. The maximum atomic E-state index is 8.81. The van der Waals surface area contributed by atoms with Gasteiger partial charge in [-0.25, -0.2) is 0 Å². The predicted octanol–water partition coefficient (Wildman–Crippen LogP) is 3.00. The molecule has 0 bridgehead atoms. The van der Waals surface area contributed by atoms with Crippen molar-refractivity contribution >= 4 is 17.4 Å². The molecule has 20 heavy (non-hydrogen) atoms. The molecule has 2 aromatic rings. The van der Waals surface area contributed by atoms with Crippen LogP contribution in [0.3, 0.4) is 0 Å². The maximum Gasteiger partial charge on any atom is 0.175 e. The molecule has 0 aliphatic carbocycles. The molecular formula is C13H15ClN4O2. The number of ether oxygens (including phenoxy) is 1. The lowest BCUT2D eigenvalue weighted by molar-refractivity contribution is 0.318. The number of benzene rings is 1. The number of nitrogens with zero attached hydrogens (tertiary/aromatic N) is 3. The van der Waals surface area contributed by atoms with E-state index in [1.54, 1.807) is 35.3 Å². The molecule has 0 radical (unpaired) electrons. The first-order valence-electron chi connectivity index (χ1n) is 6.01. The van der Waals surface area contributed by atoms with E-state index in [1.807, 2.05) is 13.8 Å². The van der Waals surface area contributed by atoms with Crippen molar-refractivity contribution in [1.29, 1.82) is 0 Å². The number of hydrogen-bond acceptors (Lipinski definition) is 4. The van der Waals surface area contributed by atoms with Crippen LogP contribution in [-0.2, 0) is 0 Å². The van der Waals surface area contributed by atoms with Crippen molar-refractivity contribution in [3.63, 3.8) is 0 Å². The van der Waals surface area contributed by atoms with Gasteiger partial charge in [0.15, 0.2) is 11.6 Å². The molecule has 7 heteroatoms. The molecule has 3 N–H and O–H groups in total. The van der Waals surface area contributed by atoms with Crippen LogP contribution in [0.1, 0.15) is 25.5 Å². The van der Waals surface area contributed by atoms with E-state index in [9.17, 15) is 0 Å². The Bertz CT molecular complexity index is 637. The topological polar surface area (TPSA) is 85.7 Å². The minimum absolute atomic E-state index is 0.109. The molecule has 0 saturated carbocycles. The molecule has 106 valence electrons. The number of nitrogens with two attached hydrogens (primary N) is 1. The lowest BCUT2D eigenvalue weighted by Gasteiger charge is -2.10. The Kier molecular flexibility index (Phi) is 4.14. The Morgan fingerprint density at radius 3 is 2.85 bits per heavy atom. The van der Waals surface area contributed by atoms with Gasteiger partial charge in [0.25, 0.3) is 0 Å². The molecule has 0 spiro atoms. The van der Waals surface area contributed by atoms with Crippen LogP contribution in [-0.4, -0.2) is 20.8 Å². The second kappa shape index (κ2) is 5.83. The highest BCUT2D eigenvalue weighted by Gasteiger charge is 2.14. The fraction of sp³-hybridized carbons (Fsp3) is 0.231. The fourth-order valence-corrected chi connectivity index (χ4v) is 1.93. The van der Waals surface area contributed by atoms with Gasteiger partial charge >= 0.3 is 0 Å². The van der Waals surface area contributed by atoms with Crippen molar-refractivity contribution < 1.29 is 9.94 Å². The summed E-state index contributed by atoms with van der Waals surface area (Å²) in [7, 11) is 0. The van der Waals surface area contributed by atoms with Crippen molar-refractivity contribution in [2.24, 2.45) is 10.9 Å². The Balaban J connectivity index is 2.35. The summed E-state index contributed by atoms with van der Waals surface area (Å²) in [5.74, 6) is 0.839. The first-order valence-corrected chi connectivity index (χ1v) is 6.39. The van der Waals surface area contributed by atoms with Crippen LogP contribution in [0.2, 0.25) is 5.02 Å². The Morgan fingerprint density at radius 2 is 2.25 bits per heavy atom. The normalized spacial score (nSPS) is 11.9. The van der Waals surface area contributed by atoms with Crippen molar-refractivity contribution in [3.8, 4) is 11.5 Å². The Hall–Kier alpha value is -2.21. The molecule has 1 aromatic heterocycles. The molecular weight excluding hydrogens is 280 g/mol. The highest BCUT2D eigenvalue weighted by atomic mass is 35.5. The molecule has 0 atom stereocenters. The SMILES string of the molecule is CC(C)n1cc(Oc2cccc(Cl)c2/C(N)=N/O)cn1. The van der Waals surface area contributed by atoms with E-state index < -0.39 is 0 Å². The van der Waals surface area contributed by atoms with Gasteiger partial charge in [-0.15, -0.1) is 0 Å². The zero-order chi connectivity index (χ0) is 14.7. The number of rotatable bonds is 4. The summed E-state index contributed by atoms with van der Waals surface area (Å²) >= 11 is 6.05. The Morgan fingerprint density at radius 1 is 1.50 bits per heavy atom. The number of oxime groups is 1. The monoisotopic (exact) mass is 294 g/mol. The lowest BCUT2D eigenvalue weighted by atomic mass is 10.2. The molecule has 6 nitrogen and oxygen atoms in total. The number of aromatic nitrogens is 2. The molecule has 1 aromatic carbocycles. The minimum atomic E-state index is -0.109. The van der Waals surface area contributed by atoms with Gasteiger partial charge in [-0.1, -0.05) is 22.8 Å². The average molecular weight is 295 g/mol. The number of hydrogen-bond donors (Lipinski definition) is 2. The third kappa shape index (κ3) is 2.85. The quantitative estimate of drug-likeness (QED) is 0.393. The largest absolute Gasteiger partial charge is 0.453 e. The third-order valence-corrected chi connectivity index (χ3v) is 2.99. The number of halogens is 1. The summed E-state index contributed by atoms with van der Waals surface area (Å²) in [5.41, 5.74) is 5.96. The smallest absolute Gasteiger partial charge is 0.175 e. The van der Waals surface area contributed by atoms with Gasteiger partial charge in [-0.2, -0.15) is 5.10 Å². The maximum absolute atomic E-state index is 8.81. The van der Waals surface area contributed by atoms with Crippen molar-refractivity contribution in [2.45, 2.75) is 19.9 Å². The van der Waals surface area contributed by atoms with Crippen LogP contribution in [0.5, 0.6) is 11.5 Å². The summed E-state index contributed by atoms with van der Waals surface area (Å²) in [6, 6.07) is 5.28. The van der Waals surface area contributed by atoms with E-state index in [2.05, 4.69) is 10.3 Å². The van der Waals surface area contributed by atoms with Crippen molar-refractivity contribution in [2.75, 3.05) is 0 Å². The van der Waals surface area contributed by atoms with Crippen LogP contribution < -0.4 is 10.5 Å². The lowest BCUT2D eigenvalue weighted by Crippen LogP contribution is -2.14. The molecule has 2 rings (SSSR count). The number of amidine groups is 1. The van der Waals surface area contributed by atoms with Crippen LogP contribution >= 0.6 is 11.6 Å². The first kappa shape index (κ1) is 14.2. The predicted molar refractivity (Wildman–Crippen MR) is 76.6 cm³/mol. The third-order valence-electron chi connectivity index (χ3n) is 2.67. The second-order valence-corrected chi connectivity index (χ2v) is 4.86. The van der Waals surface area contributed by atoms with Gasteiger partial charge in [0.05, 0.1) is 23.0 Å². The van der Waals surface area contributed by atoms with Gasteiger partial charge in [-0.3, -0.25) is 4.68 Å². The summed E-state index contributed by atoms with van der Waals surface area (Å²) in [5, 5.41) is 16.3. The highest BCUT2D eigenvalue weighted by molar-refractivity contribution is 6.34. The standard InChI is InChI=1S/C13H15ClN4O2/c1-8(2)18-7-9(6-16-18)20-11-5-3-4-10(14)12(11)13(15)17-19/h3-8,19H,1-2H3,(H2,15,17). The zero-order valence-electron chi connectivity index (χ0n) is 11.1. The van der Waals surface area contributed by atoms with Crippen LogP contribution in [0.15, 0.2) is 35.7 Å². The highest BCUT2D eigenvalue weighted by Crippen LogP contribution is 2.30. The van der Waals surface area contributed by atoms with Crippen molar-refractivity contribution in [3.05, 3.63) is 41.2 Å². The fourth-order valence-electron chi connectivity index (χ4n) is 1.67. The summed E-state index contributed by atoms with van der Waals surface area (Å²) < 4.78 is 7.47.